The van der Waals surface area contributed by atoms with Crippen molar-refractivity contribution in [3.8, 4) is 0 Å². The number of benzene rings is 1. The van der Waals surface area contributed by atoms with Crippen LogP contribution in [0.4, 0.5) is 0 Å². The van der Waals surface area contributed by atoms with Crippen LogP contribution in [0.2, 0.25) is 0 Å². The zero-order chi connectivity index (χ0) is 7.97. The summed E-state index contributed by atoms with van der Waals surface area (Å²) in [7, 11) is 0. The van der Waals surface area contributed by atoms with Crippen molar-refractivity contribution >= 4 is 10.9 Å². The number of aromatic amines is 1. The van der Waals surface area contributed by atoms with Crippen LogP contribution in [0.15, 0.2) is 18.3 Å². The van der Waals surface area contributed by atoms with Crippen LogP contribution in [0.25, 0.3) is 10.9 Å². The molecule has 0 unspecified atom stereocenters. The molecule has 0 saturated carbocycles. The van der Waals surface area contributed by atoms with Gasteiger partial charge in [0.15, 0.2) is 0 Å². The normalized spacial score (nSPS) is 15.3. The van der Waals surface area contributed by atoms with E-state index >= 15 is 0 Å². The molecule has 0 radical (unpaired) electrons. The van der Waals surface area contributed by atoms with Crippen LogP contribution in [0.1, 0.15) is 11.1 Å². The van der Waals surface area contributed by atoms with Crippen LogP contribution in [-0.2, 0) is 18.0 Å². The summed E-state index contributed by atoms with van der Waals surface area (Å²) in [5.74, 6) is 0. The number of ether oxygens (including phenoxy) is 1. The van der Waals surface area contributed by atoms with Crippen LogP contribution in [0, 0.1) is 0 Å². The summed E-state index contributed by atoms with van der Waals surface area (Å²) in [4.78, 5) is 0. The lowest BCUT2D eigenvalue weighted by Gasteiger charge is -1.94. The fourth-order valence-corrected chi connectivity index (χ4v) is 1.62. The minimum atomic E-state index is 0.740. The van der Waals surface area contributed by atoms with Crippen molar-refractivity contribution in [2.75, 3.05) is 0 Å². The van der Waals surface area contributed by atoms with Crippen molar-refractivity contribution < 1.29 is 4.74 Å². The van der Waals surface area contributed by atoms with Crippen molar-refractivity contribution in [1.29, 1.82) is 0 Å². The standard InChI is InChI=1S/C9H8N2O/c1-6-3-10-11-9(6)2-8-5-12-4-7(1)8/h1-3H,4-5H2,(H,10,11). The molecule has 60 valence electrons. The number of fused-ring (bicyclic) bond motifs is 2. The van der Waals surface area contributed by atoms with Crippen LogP contribution in [0.5, 0.6) is 0 Å². The number of rotatable bonds is 0. The highest BCUT2D eigenvalue weighted by Gasteiger charge is 2.12. The first-order valence-corrected chi connectivity index (χ1v) is 3.96. The van der Waals surface area contributed by atoms with Gasteiger partial charge < -0.3 is 4.74 Å². The van der Waals surface area contributed by atoms with E-state index in [0.29, 0.717) is 0 Å². The average Bonchev–Trinajstić information content (AvgIpc) is 2.64. The van der Waals surface area contributed by atoms with Crippen LogP contribution in [-0.4, -0.2) is 10.2 Å². The van der Waals surface area contributed by atoms with Crippen molar-refractivity contribution in [3.05, 3.63) is 29.5 Å². The maximum atomic E-state index is 5.32. The van der Waals surface area contributed by atoms with Crippen LogP contribution < -0.4 is 0 Å². The molecule has 2 aromatic rings. The monoisotopic (exact) mass is 160 g/mol. The second-order valence-electron chi connectivity index (χ2n) is 3.07. The molecule has 0 aliphatic carbocycles. The number of H-pyrrole nitrogens is 1. The molecule has 3 nitrogen and oxygen atoms in total. The van der Waals surface area contributed by atoms with E-state index in [4.69, 9.17) is 4.74 Å². The lowest BCUT2D eigenvalue weighted by molar-refractivity contribution is 0.134. The molecule has 0 fully saturated rings. The van der Waals surface area contributed by atoms with Gasteiger partial charge >= 0.3 is 0 Å². The van der Waals surface area contributed by atoms with Gasteiger partial charge in [0.2, 0.25) is 0 Å². The Morgan fingerprint density at radius 3 is 3.00 bits per heavy atom. The van der Waals surface area contributed by atoms with Gasteiger partial charge in [-0.15, -0.1) is 0 Å². The summed E-state index contributed by atoms with van der Waals surface area (Å²) in [6.45, 7) is 1.49. The zero-order valence-electron chi connectivity index (χ0n) is 6.50. The van der Waals surface area contributed by atoms with Gasteiger partial charge in [-0.05, 0) is 23.3 Å². The van der Waals surface area contributed by atoms with E-state index in [9.17, 15) is 0 Å². The Morgan fingerprint density at radius 1 is 1.25 bits per heavy atom. The predicted octanol–water partition coefficient (Wildman–Crippen LogP) is 1.59. The summed E-state index contributed by atoms with van der Waals surface area (Å²) >= 11 is 0. The van der Waals surface area contributed by atoms with E-state index in [-0.39, 0.29) is 0 Å². The molecule has 2 heterocycles. The third-order valence-corrected chi connectivity index (χ3v) is 2.28. The quantitative estimate of drug-likeness (QED) is 0.635. The second-order valence-corrected chi connectivity index (χ2v) is 3.07. The summed E-state index contributed by atoms with van der Waals surface area (Å²) in [6, 6.07) is 4.26. The van der Waals surface area contributed by atoms with Crippen LogP contribution >= 0.6 is 0 Å². The van der Waals surface area contributed by atoms with Gasteiger partial charge in [-0.2, -0.15) is 5.10 Å². The molecule has 3 heteroatoms. The summed E-state index contributed by atoms with van der Waals surface area (Å²) in [6.07, 6.45) is 1.84. The molecular formula is C9H8N2O. The van der Waals surface area contributed by atoms with E-state index in [0.717, 1.165) is 18.7 Å². The number of nitrogens with one attached hydrogen (secondary N) is 1. The third kappa shape index (κ3) is 0.713. The smallest absolute Gasteiger partial charge is 0.0725 e. The molecule has 0 spiro atoms. The molecule has 0 bridgehead atoms. The van der Waals surface area contributed by atoms with E-state index < -0.39 is 0 Å². The molecule has 0 amide bonds. The lowest BCUT2D eigenvalue weighted by atomic mass is 10.1. The fraction of sp³-hybridized carbons (Fsp3) is 0.222. The Morgan fingerprint density at radius 2 is 2.08 bits per heavy atom. The summed E-state index contributed by atoms with van der Waals surface area (Å²) < 4.78 is 5.32. The Bertz CT molecular complexity index is 395. The summed E-state index contributed by atoms with van der Waals surface area (Å²) in [5.41, 5.74) is 3.68. The molecular weight excluding hydrogens is 152 g/mol. The maximum absolute atomic E-state index is 5.32. The van der Waals surface area contributed by atoms with E-state index in [1.165, 1.54) is 16.5 Å². The highest BCUT2D eigenvalue weighted by atomic mass is 16.5. The number of hydrogen-bond acceptors (Lipinski definition) is 2. The SMILES string of the molecule is c1n[nH]c2cc3c(cc12)COC3. The molecule has 3 rings (SSSR count). The lowest BCUT2D eigenvalue weighted by Crippen LogP contribution is -1.80. The molecule has 1 N–H and O–H groups in total. The number of aromatic nitrogens is 2. The first kappa shape index (κ1) is 6.20. The Labute approximate surface area is 69.3 Å². The van der Waals surface area contributed by atoms with Gasteiger partial charge in [0.05, 0.1) is 24.9 Å². The topological polar surface area (TPSA) is 37.9 Å². The van der Waals surface area contributed by atoms with Crippen LogP contribution in [0.3, 0.4) is 0 Å². The maximum Gasteiger partial charge on any atom is 0.0725 e. The molecule has 12 heavy (non-hydrogen) atoms. The first-order valence-electron chi connectivity index (χ1n) is 3.96. The van der Waals surface area contributed by atoms with Crippen molar-refractivity contribution in [2.24, 2.45) is 0 Å². The van der Waals surface area contributed by atoms with Gasteiger partial charge in [-0.3, -0.25) is 5.10 Å². The predicted molar refractivity (Wildman–Crippen MR) is 44.6 cm³/mol. The van der Waals surface area contributed by atoms with Gasteiger partial charge in [-0.1, -0.05) is 0 Å². The largest absolute Gasteiger partial charge is 0.372 e. The Hall–Kier alpha value is -1.35. The highest BCUT2D eigenvalue weighted by molar-refractivity contribution is 5.79. The van der Waals surface area contributed by atoms with Crippen molar-refractivity contribution in [1.82, 2.24) is 10.2 Å². The minimum Gasteiger partial charge on any atom is -0.372 e. The minimum absolute atomic E-state index is 0.740. The highest BCUT2D eigenvalue weighted by Crippen LogP contribution is 2.24. The van der Waals surface area contributed by atoms with Gasteiger partial charge in [0, 0.05) is 5.39 Å². The Balaban J connectivity index is 2.38. The summed E-state index contributed by atoms with van der Waals surface area (Å²) in [5, 5.41) is 8.09. The van der Waals surface area contributed by atoms with Crippen molar-refractivity contribution in [2.45, 2.75) is 13.2 Å². The number of nitrogens with zero attached hydrogens (tertiary/aromatic N) is 1. The van der Waals surface area contributed by atoms with E-state index in [1.54, 1.807) is 0 Å². The zero-order valence-corrected chi connectivity index (χ0v) is 6.50. The molecule has 1 aromatic heterocycles. The van der Waals surface area contributed by atoms with Gasteiger partial charge in [0.25, 0.3) is 0 Å². The van der Waals surface area contributed by atoms with E-state index in [1.807, 2.05) is 6.20 Å². The average molecular weight is 160 g/mol. The molecule has 1 aliphatic rings. The third-order valence-electron chi connectivity index (χ3n) is 2.28. The molecule has 0 atom stereocenters. The van der Waals surface area contributed by atoms with Gasteiger partial charge in [-0.25, -0.2) is 0 Å². The number of hydrogen-bond donors (Lipinski definition) is 1. The van der Waals surface area contributed by atoms with Gasteiger partial charge in [0.1, 0.15) is 0 Å². The fourth-order valence-electron chi connectivity index (χ4n) is 1.62. The molecule has 1 aliphatic heterocycles. The molecule has 1 aromatic carbocycles. The second kappa shape index (κ2) is 2.08. The molecule has 0 saturated heterocycles. The van der Waals surface area contributed by atoms with Crippen molar-refractivity contribution in [3.63, 3.8) is 0 Å². The first-order chi connectivity index (χ1) is 5.93. The Kier molecular flexibility index (Phi) is 1.07. The van der Waals surface area contributed by atoms with E-state index in [2.05, 4.69) is 22.3 Å².